The molecule has 2 heteroatoms. The number of carbonyl (C=O) groups is 1. The highest BCUT2D eigenvalue weighted by Gasteiger charge is 2.12. The van der Waals surface area contributed by atoms with Gasteiger partial charge in [-0.05, 0) is 12.8 Å². The molecular formula is C9H14O2. The minimum absolute atomic E-state index is 0.0784. The zero-order valence-corrected chi connectivity index (χ0v) is 6.88. The van der Waals surface area contributed by atoms with Crippen LogP contribution in [0.1, 0.15) is 32.6 Å². The van der Waals surface area contributed by atoms with Crippen LogP contribution >= 0.6 is 0 Å². The van der Waals surface area contributed by atoms with Crippen LogP contribution in [0, 0.1) is 0 Å². The van der Waals surface area contributed by atoms with Crippen LogP contribution in [0.25, 0.3) is 0 Å². The van der Waals surface area contributed by atoms with E-state index in [2.05, 4.69) is 12.2 Å². The number of allylic oxidation sites excluding steroid dienone is 1. The summed E-state index contributed by atoms with van der Waals surface area (Å²) < 4.78 is 5.15. The lowest BCUT2D eigenvalue weighted by Crippen LogP contribution is -2.18. The summed E-state index contributed by atoms with van der Waals surface area (Å²) in [7, 11) is 0. The lowest BCUT2D eigenvalue weighted by atomic mass is 10.1. The minimum atomic E-state index is -0.0784. The van der Waals surface area contributed by atoms with Crippen LogP contribution in [0.2, 0.25) is 0 Å². The van der Waals surface area contributed by atoms with Crippen LogP contribution in [0.4, 0.5) is 0 Å². The zero-order chi connectivity index (χ0) is 8.10. The van der Waals surface area contributed by atoms with Crippen molar-refractivity contribution in [1.82, 2.24) is 0 Å². The molecule has 62 valence electrons. The largest absolute Gasteiger partial charge is 0.462 e. The Morgan fingerprint density at radius 2 is 2.45 bits per heavy atom. The van der Waals surface area contributed by atoms with E-state index in [1.54, 1.807) is 0 Å². The van der Waals surface area contributed by atoms with Crippen LogP contribution in [0.5, 0.6) is 0 Å². The second-order valence-electron chi connectivity index (χ2n) is 2.75. The Kier molecular flexibility index (Phi) is 3.14. The van der Waals surface area contributed by atoms with Gasteiger partial charge in [-0.15, -0.1) is 0 Å². The van der Waals surface area contributed by atoms with E-state index in [1.807, 2.05) is 6.92 Å². The Bertz CT molecular complexity index is 161. The van der Waals surface area contributed by atoms with Gasteiger partial charge >= 0.3 is 5.97 Å². The molecule has 1 aliphatic rings. The molecule has 1 rings (SSSR count). The first kappa shape index (κ1) is 8.31. The highest BCUT2D eigenvalue weighted by molar-refractivity contribution is 5.69. The molecule has 0 aromatic carbocycles. The molecule has 0 N–H and O–H groups in total. The summed E-state index contributed by atoms with van der Waals surface area (Å²) in [6, 6.07) is 0. The molecule has 2 nitrogen and oxygen atoms in total. The van der Waals surface area contributed by atoms with Gasteiger partial charge in [-0.1, -0.05) is 19.1 Å². The van der Waals surface area contributed by atoms with Crippen molar-refractivity contribution in [3.63, 3.8) is 0 Å². The van der Waals surface area contributed by atoms with Gasteiger partial charge in [0.2, 0.25) is 0 Å². The number of esters is 1. The van der Waals surface area contributed by atoms with E-state index in [9.17, 15) is 4.79 Å². The summed E-state index contributed by atoms with van der Waals surface area (Å²) in [5, 5.41) is 0. The number of ether oxygens (including phenoxy) is 1. The number of hydrogen-bond acceptors (Lipinski definition) is 2. The van der Waals surface area contributed by atoms with E-state index in [0.29, 0.717) is 6.42 Å². The molecule has 0 aromatic heterocycles. The Hall–Kier alpha value is -0.790. The lowest BCUT2D eigenvalue weighted by molar-refractivity contribution is -0.148. The van der Waals surface area contributed by atoms with Crippen LogP contribution in [0.3, 0.4) is 0 Å². The van der Waals surface area contributed by atoms with Gasteiger partial charge in [-0.2, -0.15) is 0 Å². The van der Waals surface area contributed by atoms with Crippen molar-refractivity contribution >= 4 is 5.97 Å². The summed E-state index contributed by atoms with van der Waals surface area (Å²) in [6.07, 6.45) is 7.77. The fourth-order valence-electron chi connectivity index (χ4n) is 1.14. The van der Waals surface area contributed by atoms with E-state index in [-0.39, 0.29) is 12.1 Å². The predicted molar refractivity (Wildman–Crippen MR) is 43.2 cm³/mol. The van der Waals surface area contributed by atoms with E-state index >= 15 is 0 Å². The molecule has 0 aromatic rings. The summed E-state index contributed by atoms with van der Waals surface area (Å²) in [4.78, 5) is 10.8. The van der Waals surface area contributed by atoms with Gasteiger partial charge in [-0.25, -0.2) is 0 Å². The second-order valence-corrected chi connectivity index (χ2v) is 2.75. The molecule has 0 amide bonds. The Morgan fingerprint density at radius 3 is 3.00 bits per heavy atom. The van der Waals surface area contributed by atoms with Gasteiger partial charge in [0.05, 0.1) is 0 Å². The standard InChI is InChI=1S/C9H14O2/c1-2-9(10)11-8-6-4-3-5-7-8/h3-4,8H,2,5-7H2,1H3/t8-/m0/s1. The number of rotatable bonds is 2. The Labute approximate surface area is 67.2 Å². The summed E-state index contributed by atoms with van der Waals surface area (Å²) in [6.45, 7) is 1.82. The molecule has 0 saturated heterocycles. The lowest BCUT2D eigenvalue weighted by Gasteiger charge is -2.17. The van der Waals surface area contributed by atoms with Crippen LogP contribution in [-0.4, -0.2) is 12.1 Å². The summed E-state index contributed by atoms with van der Waals surface area (Å²) >= 11 is 0. The summed E-state index contributed by atoms with van der Waals surface area (Å²) in [5.41, 5.74) is 0. The summed E-state index contributed by atoms with van der Waals surface area (Å²) in [5.74, 6) is -0.0784. The van der Waals surface area contributed by atoms with Crippen molar-refractivity contribution in [3.05, 3.63) is 12.2 Å². The minimum Gasteiger partial charge on any atom is -0.462 e. The molecular weight excluding hydrogens is 140 g/mol. The van der Waals surface area contributed by atoms with Crippen LogP contribution in [-0.2, 0) is 9.53 Å². The first-order valence-corrected chi connectivity index (χ1v) is 4.17. The van der Waals surface area contributed by atoms with Gasteiger partial charge in [-0.3, -0.25) is 4.79 Å². The number of hydrogen-bond donors (Lipinski definition) is 0. The van der Waals surface area contributed by atoms with E-state index < -0.39 is 0 Å². The first-order chi connectivity index (χ1) is 5.33. The quantitative estimate of drug-likeness (QED) is 0.449. The topological polar surface area (TPSA) is 26.3 Å². The molecule has 0 saturated carbocycles. The van der Waals surface area contributed by atoms with Crippen molar-refractivity contribution in [1.29, 1.82) is 0 Å². The maximum Gasteiger partial charge on any atom is 0.305 e. The van der Waals surface area contributed by atoms with E-state index in [4.69, 9.17) is 4.74 Å². The normalized spacial score (nSPS) is 23.2. The van der Waals surface area contributed by atoms with Gasteiger partial charge in [0.15, 0.2) is 0 Å². The van der Waals surface area contributed by atoms with Crippen molar-refractivity contribution < 1.29 is 9.53 Å². The Morgan fingerprint density at radius 1 is 1.64 bits per heavy atom. The first-order valence-electron chi connectivity index (χ1n) is 4.17. The van der Waals surface area contributed by atoms with Crippen LogP contribution in [0.15, 0.2) is 12.2 Å². The van der Waals surface area contributed by atoms with Gasteiger partial charge in [0.25, 0.3) is 0 Å². The predicted octanol–water partition coefficient (Wildman–Crippen LogP) is 2.05. The highest BCUT2D eigenvalue weighted by Crippen LogP contribution is 2.14. The molecule has 0 unspecified atom stereocenters. The van der Waals surface area contributed by atoms with Crippen LogP contribution < -0.4 is 0 Å². The van der Waals surface area contributed by atoms with Gasteiger partial charge in [0.1, 0.15) is 6.10 Å². The zero-order valence-electron chi connectivity index (χ0n) is 6.88. The molecule has 11 heavy (non-hydrogen) atoms. The maximum atomic E-state index is 10.8. The van der Waals surface area contributed by atoms with Gasteiger partial charge in [0, 0.05) is 12.8 Å². The molecule has 0 radical (unpaired) electrons. The monoisotopic (exact) mass is 154 g/mol. The molecule has 1 aliphatic carbocycles. The van der Waals surface area contributed by atoms with Crippen molar-refractivity contribution in [2.75, 3.05) is 0 Å². The molecule has 0 spiro atoms. The molecule has 0 aliphatic heterocycles. The average Bonchev–Trinajstić information content (AvgIpc) is 2.06. The highest BCUT2D eigenvalue weighted by atomic mass is 16.5. The Balaban J connectivity index is 2.26. The third kappa shape index (κ3) is 2.74. The fraction of sp³-hybridized carbons (Fsp3) is 0.667. The molecule has 0 bridgehead atoms. The third-order valence-corrected chi connectivity index (χ3v) is 1.81. The molecule has 0 heterocycles. The van der Waals surface area contributed by atoms with E-state index in [0.717, 1.165) is 19.3 Å². The van der Waals surface area contributed by atoms with Crippen molar-refractivity contribution in [2.45, 2.75) is 38.7 Å². The SMILES string of the molecule is CCC(=O)O[C@H]1CC=CCC1. The second kappa shape index (κ2) is 4.16. The number of carbonyl (C=O) groups excluding carboxylic acids is 1. The molecule has 0 fully saturated rings. The fourth-order valence-corrected chi connectivity index (χ4v) is 1.14. The maximum absolute atomic E-state index is 10.8. The third-order valence-electron chi connectivity index (χ3n) is 1.81. The van der Waals surface area contributed by atoms with Crippen molar-refractivity contribution in [2.24, 2.45) is 0 Å². The molecule has 1 atom stereocenters. The van der Waals surface area contributed by atoms with E-state index in [1.165, 1.54) is 0 Å². The van der Waals surface area contributed by atoms with Crippen molar-refractivity contribution in [3.8, 4) is 0 Å². The van der Waals surface area contributed by atoms with Gasteiger partial charge < -0.3 is 4.74 Å². The smallest absolute Gasteiger partial charge is 0.305 e. The average molecular weight is 154 g/mol.